The molecule has 0 spiro atoms. The number of hydrogen-bond donors (Lipinski definition) is 2. The molecule has 6 heteroatoms. The highest BCUT2D eigenvalue weighted by atomic mass is 16.4. The second-order valence-corrected chi connectivity index (χ2v) is 4.18. The van der Waals surface area contributed by atoms with Gasteiger partial charge in [-0.2, -0.15) is 0 Å². The van der Waals surface area contributed by atoms with Gasteiger partial charge < -0.3 is 14.8 Å². The largest absolute Gasteiger partial charge is 0.481 e. The van der Waals surface area contributed by atoms with Crippen molar-refractivity contribution < 1.29 is 19.8 Å². The fourth-order valence-electron chi connectivity index (χ4n) is 1.99. The van der Waals surface area contributed by atoms with Gasteiger partial charge in [0.05, 0.1) is 11.9 Å². The molecular weight excluding hydrogens is 250 g/mol. The van der Waals surface area contributed by atoms with Gasteiger partial charge in [0.25, 0.3) is 0 Å². The SMILES string of the molecule is Cn1c(C(=O)O)cc(=O)c2cc(CC(=O)O)ccc21. The van der Waals surface area contributed by atoms with E-state index in [-0.39, 0.29) is 12.1 Å². The maximum Gasteiger partial charge on any atom is 0.352 e. The van der Waals surface area contributed by atoms with Crippen LogP contribution in [0.5, 0.6) is 0 Å². The van der Waals surface area contributed by atoms with Crippen LogP contribution in [0.3, 0.4) is 0 Å². The quantitative estimate of drug-likeness (QED) is 0.854. The number of rotatable bonds is 3. The van der Waals surface area contributed by atoms with Crippen LogP contribution in [0.1, 0.15) is 16.1 Å². The van der Waals surface area contributed by atoms with Gasteiger partial charge in [0.1, 0.15) is 5.69 Å². The van der Waals surface area contributed by atoms with E-state index in [1.54, 1.807) is 19.2 Å². The maximum absolute atomic E-state index is 11.9. The van der Waals surface area contributed by atoms with E-state index in [4.69, 9.17) is 10.2 Å². The van der Waals surface area contributed by atoms with Gasteiger partial charge in [-0.3, -0.25) is 9.59 Å². The molecule has 0 unspecified atom stereocenters. The summed E-state index contributed by atoms with van der Waals surface area (Å²) in [6, 6.07) is 5.65. The van der Waals surface area contributed by atoms with E-state index in [2.05, 4.69) is 0 Å². The molecular formula is C13H11NO5. The van der Waals surface area contributed by atoms with Gasteiger partial charge in [0.2, 0.25) is 0 Å². The lowest BCUT2D eigenvalue weighted by molar-refractivity contribution is -0.136. The molecule has 1 heterocycles. The van der Waals surface area contributed by atoms with Crippen molar-refractivity contribution in [2.24, 2.45) is 7.05 Å². The van der Waals surface area contributed by atoms with E-state index in [9.17, 15) is 14.4 Å². The molecule has 0 saturated carbocycles. The number of carboxylic acids is 2. The average Bonchev–Trinajstić information content (AvgIpc) is 2.32. The van der Waals surface area contributed by atoms with E-state index in [1.165, 1.54) is 10.6 Å². The number of aromatic carboxylic acids is 1. The van der Waals surface area contributed by atoms with Crippen LogP contribution in [-0.4, -0.2) is 26.7 Å². The third-order valence-corrected chi connectivity index (χ3v) is 2.89. The highest BCUT2D eigenvalue weighted by Crippen LogP contribution is 2.14. The molecule has 2 rings (SSSR count). The number of hydrogen-bond acceptors (Lipinski definition) is 3. The number of pyridine rings is 1. The zero-order valence-corrected chi connectivity index (χ0v) is 10.1. The van der Waals surface area contributed by atoms with E-state index < -0.39 is 17.4 Å². The van der Waals surface area contributed by atoms with Crippen LogP contribution in [0, 0.1) is 0 Å². The molecule has 0 fully saturated rings. The lowest BCUT2D eigenvalue weighted by atomic mass is 10.1. The second-order valence-electron chi connectivity index (χ2n) is 4.18. The minimum absolute atomic E-state index is 0.108. The highest BCUT2D eigenvalue weighted by molar-refractivity contribution is 5.90. The van der Waals surface area contributed by atoms with Crippen molar-refractivity contribution in [3.8, 4) is 0 Å². The number of aliphatic carboxylic acids is 1. The van der Waals surface area contributed by atoms with Crippen LogP contribution in [0.2, 0.25) is 0 Å². The fraction of sp³-hybridized carbons (Fsp3) is 0.154. The highest BCUT2D eigenvalue weighted by Gasteiger charge is 2.12. The lowest BCUT2D eigenvalue weighted by Crippen LogP contribution is -2.16. The van der Waals surface area contributed by atoms with Crippen molar-refractivity contribution >= 4 is 22.8 Å². The van der Waals surface area contributed by atoms with Crippen molar-refractivity contribution in [2.75, 3.05) is 0 Å². The van der Waals surface area contributed by atoms with E-state index in [0.29, 0.717) is 16.5 Å². The van der Waals surface area contributed by atoms with Gasteiger partial charge in [0.15, 0.2) is 5.43 Å². The number of fused-ring (bicyclic) bond motifs is 1. The van der Waals surface area contributed by atoms with Crippen LogP contribution in [0.25, 0.3) is 10.9 Å². The Morgan fingerprint density at radius 2 is 1.89 bits per heavy atom. The van der Waals surface area contributed by atoms with Crippen LogP contribution in [0.4, 0.5) is 0 Å². The first-order chi connectivity index (χ1) is 8.90. The summed E-state index contributed by atoms with van der Waals surface area (Å²) in [5, 5.41) is 18.0. The predicted molar refractivity (Wildman–Crippen MR) is 67.5 cm³/mol. The van der Waals surface area contributed by atoms with E-state index >= 15 is 0 Å². The molecule has 0 saturated heterocycles. The predicted octanol–water partition coefficient (Wildman–Crippen LogP) is 0.864. The zero-order chi connectivity index (χ0) is 14.2. The summed E-state index contributed by atoms with van der Waals surface area (Å²) in [6.45, 7) is 0. The molecule has 98 valence electrons. The molecule has 0 atom stereocenters. The number of aryl methyl sites for hydroxylation is 1. The van der Waals surface area contributed by atoms with E-state index in [1.807, 2.05) is 0 Å². The Kier molecular flexibility index (Phi) is 3.08. The molecule has 1 aromatic carbocycles. The molecule has 0 aliphatic carbocycles. The molecule has 0 radical (unpaired) electrons. The van der Waals surface area contributed by atoms with Crippen molar-refractivity contribution in [1.82, 2.24) is 4.57 Å². The van der Waals surface area contributed by atoms with Gasteiger partial charge in [-0.15, -0.1) is 0 Å². The zero-order valence-electron chi connectivity index (χ0n) is 10.1. The fourth-order valence-corrected chi connectivity index (χ4v) is 1.99. The maximum atomic E-state index is 11.9. The van der Waals surface area contributed by atoms with Crippen molar-refractivity contribution in [3.63, 3.8) is 0 Å². The van der Waals surface area contributed by atoms with Crippen LogP contribution < -0.4 is 5.43 Å². The second kappa shape index (κ2) is 4.56. The summed E-state index contributed by atoms with van der Waals surface area (Å²) in [5.41, 5.74) is 0.417. The lowest BCUT2D eigenvalue weighted by Gasteiger charge is -2.09. The Morgan fingerprint density at radius 1 is 1.21 bits per heavy atom. The molecule has 2 N–H and O–H groups in total. The number of nitrogens with zero attached hydrogens (tertiary/aromatic N) is 1. The summed E-state index contributed by atoms with van der Waals surface area (Å²) in [4.78, 5) is 33.5. The van der Waals surface area contributed by atoms with Crippen molar-refractivity contribution in [1.29, 1.82) is 0 Å². The van der Waals surface area contributed by atoms with Gasteiger partial charge in [-0.05, 0) is 17.7 Å². The summed E-state index contributed by atoms with van der Waals surface area (Å²) in [6.07, 6.45) is -0.181. The molecule has 2 aromatic rings. The minimum Gasteiger partial charge on any atom is -0.481 e. The topological polar surface area (TPSA) is 96.6 Å². The molecule has 0 bridgehead atoms. The van der Waals surface area contributed by atoms with Crippen molar-refractivity contribution in [3.05, 3.63) is 45.7 Å². The van der Waals surface area contributed by atoms with Gasteiger partial charge in [0, 0.05) is 18.5 Å². The Hall–Kier alpha value is -2.63. The molecule has 6 nitrogen and oxygen atoms in total. The standard InChI is InChI=1S/C13H11NO5/c1-14-9-3-2-7(5-12(16)17)4-8(9)11(15)6-10(14)13(18)19/h2-4,6H,5H2,1H3,(H,16,17)(H,18,19). The number of aromatic nitrogens is 1. The van der Waals surface area contributed by atoms with E-state index in [0.717, 1.165) is 6.07 Å². The van der Waals surface area contributed by atoms with Crippen molar-refractivity contribution in [2.45, 2.75) is 6.42 Å². The van der Waals surface area contributed by atoms with Gasteiger partial charge >= 0.3 is 11.9 Å². The third kappa shape index (κ3) is 2.33. The molecule has 0 amide bonds. The third-order valence-electron chi connectivity index (χ3n) is 2.89. The minimum atomic E-state index is -1.18. The average molecular weight is 261 g/mol. The molecule has 0 aliphatic heterocycles. The monoisotopic (exact) mass is 261 g/mol. The van der Waals surface area contributed by atoms with Crippen LogP contribution >= 0.6 is 0 Å². The number of carboxylic acid groups (broad SMARTS) is 2. The Labute approximate surface area is 107 Å². The normalized spacial score (nSPS) is 10.6. The summed E-state index contributed by atoms with van der Waals surface area (Å²) in [7, 11) is 1.54. The Bertz CT molecular complexity index is 745. The molecule has 1 aromatic heterocycles. The number of benzene rings is 1. The first kappa shape index (κ1) is 12.8. The Morgan fingerprint density at radius 3 is 2.47 bits per heavy atom. The molecule has 0 aliphatic rings. The van der Waals surface area contributed by atoms with Crippen LogP contribution in [-0.2, 0) is 18.3 Å². The smallest absolute Gasteiger partial charge is 0.352 e. The summed E-state index contributed by atoms with van der Waals surface area (Å²) < 4.78 is 1.39. The first-order valence-electron chi connectivity index (χ1n) is 5.48. The van der Waals surface area contributed by atoms with Gasteiger partial charge in [-0.25, -0.2) is 4.79 Å². The summed E-state index contributed by atoms with van der Waals surface area (Å²) >= 11 is 0. The molecule has 19 heavy (non-hydrogen) atoms. The summed E-state index contributed by atoms with van der Waals surface area (Å²) in [5.74, 6) is -2.17. The Balaban J connectivity index is 2.72. The first-order valence-corrected chi connectivity index (χ1v) is 5.48. The number of carbonyl (C=O) groups is 2. The van der Waals surface area contributed by atoms with Crippen LogP contribution in [0.15, 0.2) is 29.1 Å². The van der Waals surface area contributed by atoms with Gasteiger partial charge in [-0.1, -0.05) is 6.07 Å².